The molecule has 1 aliphatic heterocycles. The predicted molar refractivity (Wildman–Crippen MR) is 61.4 cm³/mol. The lowest BCUT2D eigenvalue weighted by atomic mass is 10.2. The molecule has 0 unspecified atom stereocenters. The lowest BCUT2D eigenvalue weighted by Crippen LogP contribution is -2.49. The van der Waals surface area contributed by atoms with Gasteiger partial charge in [0.2, 0.25) is 5.91 Å². The Morgan fingerprint density at radius 3 is 2.56 bits per heavy atom. The minimum atomic E-state index is -0.393. The maximum atomic E-state index is 11.8. The first-order chi connectivity index (χ1) is 7.43. The molecular formula is C11H19N3O2. The monoisotopic (exact) mass is 225 g/mol. The Morgan fingerprint density at radius 1 is 1.44 bits per heavy atom. The fourth-order valence-electron chi connectivity index (χ4n) is 1.88. The third-order valence-corrected chi connectivity index (χ3v) is 2.57. The van der Waals surface area contributed by atoms with Crippen LogP contribution in [0.1, 0.15) is 33.6 Å². The topological polar surface area (TPSA) is 73.3 Å². The van der Waals surface area contributed by atoms with Gasteiger partial charge in [-0.15, -0.1) is 0 Å². The number of rotatable bonds is 3. The van der Waals surface area contributed by atoms with E-state index in [1.54, 1.807) is 0 Å². The van der Waals surface area contributed by atoms with E-state index < -0.39 is 6.04 Å². The van der Waals surface area contributed by atoms with Gasteiger partial charge in [0, 0.05) is 12.6 Å². The molecule has 5 nitrogen and oxygen atoms in total. The Labute approximate surface area is 95.7 Å². The van der Waals surface area contributed by atoms with Gasteiger partial charge in [0.1, 0.15) is 6.04 Å². The molecule has 0 aliphatic carbocycles. The molecule has 5 heteroatoms. The van der Waals surface area contributed by atoms with Crippen LogP contribution in [0.4, 0.5) is 0 Å². The van der Waals surface area contributed by atoms with Crippen molar-refractivity contribution in [1.29, 1.82) is 5.41 Å². The van der Waals surface area contributed by atoms with Crippen molar-refractivity contribution in [3.8, 4) is 0 Å². The summed E-state index contributed by atoms with van der Waals surface area (Å²) in [7, 11) is 0. The Balaban J connectivity index is 2.69. The number of hydrogen-bond donors (Lipinski definition) is 2. The van der Waals surface area contributed by atoms with E-state index in [2.05, 4.69) is 5.32 Å². The minimum Gasteiger partial charge on any atom is -0.352 e. The van der Waals surface area contributed by atoms with Crippen molar-refractivity contribution in [2.24, 2.45) is 0 Å². The second-order valence-corrected chi connectivity index (χ2v) is 4.44. The molecule has 0 bridgehead atoms. The molecule has 90 valence electrons. The van der Waals surface area contributed by atoms with Crippen LogP contribution in [0.15, 0.2) is 0 Å². The van der Waals surface area contributed by atoms with E-state index in [1.807, 2.05) is 13.8 Å². The first-order valence-corrected chi connectivity index (χ1v) is 5.60. The summed E-state index contributed by atoms with van der Waals surface area (Å²) in [6.45, 7) is 5.81. The summed E-state index contributed by atoms with van der Waals surface area (Å²) in [5.41, 5.74) is -0.00996. The fraction of sp³-hybridized carbons (Fsp3) is 0.727. The van der Waals surface area contributed by atoms with Gasteiger partial charge in [-0.25, -0.2) is 0 Å². The van der Waals surface area contributed by atoms with E-state index >= 15 is 0 Å². The summed E-state index contributed by atoms with van der Waals surface area (Å²) < 4.78 is 0. The number of carbonyl (C=O) groups is 2. The summed E-state index contributed by atoms with van der Waals surface area (Å²) in [6.07, 6.45) is 1.52. The number of carbonyl (C=O) groups excluding carboxylic acids is 2. The zero-order valence-electron chi connectivity index (χ0n) is 10.0. The summed E-state index contributed by atoms with van der Waals surface area (Å²) in [6, 6.07) is -0.318. The van der Waals surface area contributed by atoms with Crippen molar-refractivity contribution in [3.63, 3.8) is 0 Å². The lowest BCUT2D eigenvalue weighted by molar-refractivity contribution is -0.134. The number of amides is 2. The van der Waals surface area contributed by atoms with Crippen LogP contribution in [0, 0.1) is 5.41 Å². The van der Waals surface area contributed by atoms with Crippen LogP contribution in [0.2, 0.25) is 0 Å². The van der Waals surface area contributed by atoms with Crippen LogP contribution in [-0.2, 0) is 9.59 Å². The predicted octanol–water partition coefficient (Wildman–Crippen LogP) is 0.542. The summed E-state index contributed by atoms with van der Waals surface area (Å²) in [5, 5.41) is 10.1. The maximum absolute atomic E-state index is 11.8. The Morgan fingerprint density at radius 2 is 2.06 bits per heavy atom. The van der Waals surface area contributed by atoms with E-state index in [0.717, 1.165) is 6.42 Å². The van der Waals surface area contributed by atoms with E-state index in [1.165, 1.54) is 11.8 Å². The Bertz CT molecular complexity index is 312. The van der Waals surface area contributed by atoms with Gasteiger partial charge in [0.25, 0.3) is 5.91 Å². The van der Waals surface area contributed by atoms with Crippen LogP contribution < -0.4 is 5.32 Å². The molecule has 1 saturated heterocycles. The average Bonchev–Trinajstić information content (AvgIpc) is 2.63. The highest BCUT2D eigenvalue weighted by molar-refractivity contribution is 6.36. The molecule has 1 atom stereocenters. The molecule has 1 fully saturated rings. The quantitative estimate of drug-likeness (QED) is 0.688. The summed E-state index contributed by atoms with van der Waals surface area (Å²) in [4.78, 5) is 25.0. The molecule has 2 N–H and O–H groups in total. The normalized spacial score (nSPS) is 20.0. The van der Waals surface area contributed by atoms with Crippen LogP contribution in [0.5, 0.6) is 0 Å². The van der Waals surface area contributed by atoms with Crippen molar-refractivity contribution in [2.45, 2.75) is 45.7 Å². The van der Waals surface area contributed by atoms with Crippen molar-refractivity contribution in [1.82, 2.24) is 10.2 Å². The molecular weight excluding hydrogens is 206 g/mol. The van der Waals surface area contributed by atoms with Crippen LogP contribution >= 0.6 is 0 Å². The largest absolute Gasteiger partial charge is 0.352 e. The smallest absolute Gasteiger partial charge is 0.267 e. The van der Waals surface area contributed by atoms with Gasteiger partial charge in [-0.2, -0.15) is 0 Å². The second-order valence-electron chi connectivity index (χ2n) is 4.44. The van der Waals surface area contributed by atoms with Gasteiger partial charge in [-0.05, 0) is 33.6 Å². The first kappa shape index (κ1) is 12.7. The van der Waals surface area contributed by atoms with Crippen LogP contribution in [0.3, 0.4) is 0 Å². The Hall–Kier alpha value is -1.39. The van der Waals surface area contributed by atoms with Gasteiger partial charge >= 0.3 is 0 Å². The lowest BCUT2D eigenvalue weighted by Gasteiger charge is -2.24. The molecule has 1 heterocycles. The third kappa shape index (κ3) is 2.81. The molecule has 0 aromatic heterocycles. The van der Waals surface area contributed by atoms with Gasteiger partial charge in [-0.3, -0.25) is 15.0 Å². The molecule has 0 radical (unpaired) electrons. The highest BCUT2D eigenvalue weighted by Gasteiger charge is 2.34. The molecule has 0 spiro atoms. The highest BCUT2D eigenvalue weighted by atomic mass is 16.2. The zero-order valence-corrected chi connectivity index (χ0v) is 10.0. The fourth-order valence-corrected chi connectivity index (χ4v) is 1.88. The number of nitrogens with zero attached hydrogens (tertiary/aromatic N) is 1. The standard InChI is InChI=1S/C11H19N3O2/c1-7(2)13-10(15)9-5-4-6-14(9)11(16)8(3)12/h7,9,12H,4-6H2,1-3H3,(H,13,15)/t9-/m0/s1. The van der Waals surface area contributed by atoms with Gasteiger partial charge in [0.05, 0.1) is 5.71 Å². The molecule has 1 aliphatic rings. The van der Waals surface area contributed by atoms with E-state index in [4.69, 9.17) is 5.41 Å². The summed E-state index contributed by atoms with van der Waals surface area (Å²) in [5.74, 6) is -0.441. The van der Waals surface area contributed by atoms with E-state index in [-0.39, 0.29) is 23.6 Å². The van der Waals surface area contributed by atoms with E-state index in [9.17, 15) is 9.59 Å². The molecule has 16 heavy (non-hydrogen) atoms. The van der Waals surface area contributed by atoms with Crippen molar-refractivity contribution in [2.75, 3.05) is 6.54 Å². The summed E-state index contributed by atoms with van der Waals surface area (Å²) >= 11 is 0. The molecule has 0 aromatic carbocycles. The zero-order chi connectivity index (χ0) is 12.3. The molecule has 1 rings (SSSR count). The number of hydrogen-bond acceptors (Lipinski definition) is 3. The van der Waals surface area contributed by atoms with Crippen molar-refractivity contribution in [3.05, 3.63) is 0 Å². The first-order valence-electron chi connectivity index (χ1n) is 5.60. The number of nitrogens with one attached hydrogen (secondary N) is 2. The second kappa shape index (κ2) is 5.09. The minimum absolute atomic E-state index is 0.00996. The van der Waals surface area contributed by atoms with Gasteiger partial charge in [-0.1, -0.05) is 0 Å². The van der Waals surface area contributed by atoms with E-state index in [0.29, 0.717) is 13.0 Å². The van der Waals surface area contributed by atoms with Crippen LogP contribution in [0.25, 0.3) is 0 Å². The molecule has 0 saturated carbocycles. The Kier molecular flexibility index (Phi) is 4.04. The maximum Gasteiger partial charge on any atom is 0.267 e. The molecule has 2 amide bonds. The average molecular weight is 225 g/mol. The van der Waals surface area contributed by atoms with Gasteiger partial charge < -0.3 is 10.2 Å². The third-order valence-electron chi connectivity index (χ3n) is 2.57. The van der Waals surface area contributed by atoms with Gasteiger partial charge in [0.15, 0.2) is 0 Å². The molecule has 0 aromatic rings. The highest BCUT2D eigenvalue weighted by Crippen LogP contribution is 2.17. The van der Waals surface area contributed by atoms with Crippen molar-refractivity contribution < 1.29 is 9.59 Å². The van der Waals surface area contributed by atoms with Crippen molar-refractivity contribution >= 4 is 17.5 Å². The van der Waals surface area contributed by atoms with Crippen LogP contribution in [-0.4, -0.2) is 41.1 Å². The SMILES string of the molecule is CC(=N)C(=O)N1CCC[C@H]1C(=O)NC(C)C. The number of likely N-dealkylation sites (tertiary alicyclic amines) is 1.